The zero-order valence-electron chi connectivity index (χ0n) is 17.9. The van der Waals surface area contributed by atoms with Gasteiger partial charge in [-0.25, -0.2) is 17.8 Å². The first kappa shape index (κ1) is 22.2. The van der Waals surface area contributed by atoms with Crippen LogP contribution in [0.25, 0.3) is 21.9 Å². The number of benzene rings is 2. The zero-order chi connectivity index (χ0) is 24.9. The number of aryl methyl sites for hydroxylation is 1. The molecule has 0 aliphatic heterocycles. The van der Waals surface area contributed by atoms with Crippen molar-refractivity contribution in [3.8, 4) is 0 Å². The Balaban J connectivity index is 1.56. The van der Waals surface area contributed by atoms with Gasteiger partial charge in [-0.2, -0.15) is 4.98 Å². The third-order valence-electron chi connectivity index (χ3n) is 5.43. The number of nitrogens with zero attached hydrogens (tertiary/aromatic N) is 4. The van der Waals surface area contributed by atoms with Crippen LogP contribution < -0.4 is 10.9 Å². The van der Waals surface area contributed by atoms with Crippen molar-refractivity contribution in [3.05, 3.63) is 87.2 Å². The molecule has 13 heteroatoms. The molecule has 176 valence electrons. The highest BCUT2D eigenvalue weighted by Crippen LogP contribution is 2.27. The van der Waals surface area contributed by atoms with Crippen molar-refractivity contribution in [3.63, 3.8) is 0 Å². The van der Waals surface area contributed by atoms with Crippen molar-refractivity contribution < 1.29 is 17.7 Å². The molecule has 0 fully saturated rings. The van der Waals surface area contributed by atoms with Crippen LogP contribution in [0.3, 0.4) is 0 Å². The van der Waals surface area contributed by atoms with E-state index in [9.17, 15) is 27.7 Å². The Morgan fingerprint density at radius 2 is 1.89 bits per heavy atom. The maximum absolute atomic E-state index is 14.4. The quantitative estimate of drug-likeness (QED) is 0.278. The van der Waals surface area contributed by atoms with Crippen molar-refractivity contribution in [2.75, 3.05) is 5.32 Å². The topological polar surface area (TPSA) is 153 Å². The van der Waals surface area contributed by atoms with Gasteiger partial charge >= 0.3 is 0 Å². The number of halogens is 1. The summed E-state index contributed by atoms with van der Waals surface area (Å²) < 4.78 is 41.6. The number of nitrogens with one attached hydrogen (secondary N) is 2. The van der Waals surface area contributed by atoms with Crippen LogP contribution in [0.4, 0.5) is 21.7 Å². The smallest absolute Gasteiger partial charge is 0.272 e. The van der Waals surface area contributed by atoms with Crippen LogP contribution in [-0.4, -0.2) is 32.9 Å². The Morgan fingerprint density at radius 1 is 1.09 bits per heavy atom. The number of sulfone groups is 1. The molecular weight excluding hydrogens is 479 g/mol. The monoisotopic (exact) mass is 494 g/mol. The summed E-state index contributed by atoms with van der Waals surface area (Å²) in [6.45, 7) is 0. The van der Waals surface area contributed by atoms with E-state index in [2.05, 4.69) is 20.3 Å². The number of anilines is 2. The molecule has 5 aromatic rings. The number of fused-ring (bicyclic) bond motifs is 2. The number of aromatic nitrogens is 4. The minimum Gasteiger partial charge on any atom is -0.361 e. The summed E-state index contributed by atoms with van der Waals surface area (Å²) >= 11 is 0. The van der Waals surface area contributed by atoms with Gasteiger partial charge in [0, 0.05) is 47.5 Å². The second-order valence-electron chi connectivity index (χ2n) is 7.63. The molecule has 5 rings (SSSR count). The fourth-order valence-corrected chi connectivity index (χ4v) is 5.12. The highest BCUT2D eigenvalue weighted by molar-refractivity contribution is 7.91. The number of pyridine rings is 1. The Hall–Kier alpha value is -4.65. The van der Waals surface area contributed by atoms with E-state index in [1.165, 1.54) is 13.2 Å². The molecule has 0 spiro atoms. The molecule has 0 unspecified atom stereocenters. The molecule has 0 radical (unpaired) electrons. The van der Waals surface area contributed by atoms with E-state index >= 15 is 0 Å². The molecule has 11 nitrogen and oxygen atoms in total. The fraction of sp³-hybridized carbons (Fsp3) is 0.0455. The second kappa shape index (κ2) is 7.99. The van der Waals surface area contributed by atoms with Gasteiger partial charge in [-0.15, -0.1) is 0 Å². The van der Waals surface area contributed by atoms with Crippen LogP contribution in [0.2, 0.25) is 0 Å². The average molecular weight is 494 g/mol. The van der Waals surface area contributed by atoms with Gasteiger partial charge in [0.25, 0.3) is 11.2 Å². The van der Waals surface area contributed by atoms with E-state index in [0.717, 1.165) is 33.7 Å². The Labute approximate surface area is 196 Å². The van der Waals surface area contributed by atoms with Crippen LogP contribution in [0.5, 0.6) is 0 Å². The summed E-state index contributed by atoms with van der Waals surface area (Å²) in [6, 6.07) is 10.6. The molecule has 0 atom stereocenters. The van der Waals surface area contributed by atoms with Gasteiger partial charge in [0.1, 0.15) is 21.3 Å². The van der Waals surface area contributed by atoms with Crippen molar-refractivity contribution >= 4 is 49.1 Å². The van der Waals surface area contributed by atoms with Crippen LogP contribution in [-0.2, 0) is 16.9 Å². The lowest BCUT2D eigenvalue weighted by atomic mass is 10.2. The average Bonchev–Trinajstić information content (AvgIpc) is 3.29. The minimum absolute atomic E-state index is 0.151. The molecule has 0 aliphatic carbocycles. The highest BCUT2D eigenvalue weighted by Gasteiger charge is 2.28. The van der Waals surface area contributed by atoms with Crippen LogP contribution in [0.15, 0.2) is 75.5 Å². The molecule has 35 heavy (non-hydrogen) atoms. The van der Waals surface area contributed by atoms with E-state index in [4.69, 9.17) is 0 Å². The summed E-state index contributed by atoms with van der Waals surface area (Å²) in [6.07, 6.45) is 3.15. The Bertz CT molecular complexity index is 1830. The van der Waals surface area contributed by atoms with E-state index in [1.807, 2.05) is 30.5 Å². The summed E-state index contributed by atoms with van der Waals surface area (Å²) in [5.74, 6) is -1.16. The predicted octanol–water partition coefficient (Wildman–Crippen LogP) is 3.43. The molecule has 2 N–H and O–H groups in total. The second-order valence-corrected chi connectivity index (χ2v) is 9.51. The first-order valence-corrected chi connectivity index (χ1v) is 11.5. The first-order valence-electron chi connectivity index (χ1n) is 10.0. The third kappa shape index (κ3) is 3.77. The Kier molecular flexibility index (Phi) is 5.06. The molecule has 0 bridgehead atoms. The number of aromatic amines is 1. The maximum Gasteiger partial charge on any atom is 0.272 e. The van der Waals surface area contributed by atoms with E-state index in [0.29, 0.717) is 11.8 Å². The summed E-state index contributed by atoms with van der Waals surface area (Å²) in [5, 5.41) is 15.1. The minimum atomic E-state index is -4.64. The molecule has 0 saturated carbocycles. The summed E-state index contributed by atoms with van der Waals surface area (Å²) in [7, 11) is -3.30. The van der Waals surface area contributed by atoms with Gasteiger partial charge in [-0.05, 0) is 36.4 Å². The maximum atomic E-state index is 14.4. The molecule has 2 aromatic carbocycles. The first-order chi connectivity index (χ1) is 16.6. The van der Waals surface area contributed by atoms with Crippen LogP contribution in [0.1, 0.15) is 0 Å². The van der Waals surface area contributed by atoms with Crippen LogP contribution >= 0.6 is 0 Å². The molecule has 0 saturated heterocycles. The lowest BCUT2D eigenvalue weighted by Crippen LogP contribution is -2.25. The van der Waals surface area contributed by atoms with Gasteiger partial charge in [0.15, 0.2) is 0 Å². The van der Waals surface area contributed by atoms with Crippen molar-refractivity contribution in [1.82, 2.24) is 19.5 Å². The van der Waals surface area contributed by atoms with Gasteiger partial charge in [0.05, 0.1) is 11.0 Å². The number of rotatable bonds is 5. The molecular formula is C22H15FN6O5S. The van der Waals surface area contributed by atoms with Crippen LogP contribution in [0, 0.1) is 15.9 Å². The van der Waals surface area contributed by atoms with Crippen molar-refractivity contribution in [2.45, 2.75) is 9.79 Å². The van der Waals surface area contributed by atoms with Gasteiger partial charge < -0.3 is 10.3 Å². The van der Waals surface area contributed by atoms with Crippen molar-refractivity contribution in [1.29, 1.82) is 0 Å². The Morgan fingerprint density at radius 3 is 2.63 bits per heavy atom. The normalized spacial score (nSPS) is 11.7. The third-order valence-corrected chi connectivity index (χ3v) is 7.21. The van der Waals surface area contributed by atoms with E-state index < -0.39 is 41.6 Å². The standard InChI is InChI=1S/C22H15FN6O5S/c1-28-20-13(11-25-22(27-20)26-14-2-4-17-12(8-14)6-7-24-17)9-19(21(28)30)35(33,34)18-5-3-15(29(31)32)10-16(18)23/h2-11,24H,1H3,(H,25,26,27). The number of hydrogen-bond acceptors (Lipinski definition) is 8. The molecule has 0 aliphatic rings. The molecule has 3 aromatic heterocycles. The highest BCUT2D eigenvalue weighted by atomic mass is 32.2. The van der Waals surface area contributed by atoms with Gasteiger partial charge in [-0.3, -0.25) is 19.5 Å². The number of H-pyrrole nitrogens is 1. The summed E-state index contributed by atoms with van der Waals surface area (Å²) in [4.78, 5) is 33.0. The number of non-ortho nitro benzene ring substituents is 1. The van der Waals surface area contributed by atoms with E-state index in [-0.39, 0.29) is 17.0 Å². The van der Waals surface area contributed by atoms with Gasteiger partial charge in [-0.1, -0.05) is 0 Å². The largest absolute Gasteiger partial charge is 0.361 e. The van der Waals surface area contributed by atoms with Crippen molar-refractivity contribution in [2.24, 2.45) is 7.05 Å². The van der Waals surface area contributed by atoms with E-state index in [1.54, 1.807) is 0 Å². The lowest BCUT2D eigenvalue weighted by molar-refractivity contribution is -0.385. The number of hydrogen-bond donors (Lipinski definition) is 2. The fourth-order valence-electron chi connectivity index (χ4n) is 3.67. The SMILES string of the molecule is Cn1c(=O)c(S(=O)(=O)c2ccc([N+](=O)[O-])cc2F)cc2cnc(Nc3ccc4[nH]ccc4c3)nc21. The number of nitro benzene ring substituents is 1. The molecule has 0 amide bonds. The molecule has 3 heterocycles. The predicted molar refractivity (Wildman–Crippen MR) is 125 cm³/mol. The van der Waals surface area contributed by atoms with Gasteiger partial charge in [0.2, 0.25) is 15.8 Å². The summed E-state index contributed by atoms with van der Waals surface area (Å²) in [5.41, 5.74) is 0.258. The lowest BCUT2D eigenvalue weighted by Gasteiger charge is -2.11. The zero-order valence-corrected chi connectivity index (χ0v) is 18.7. The number of nitro groups is 1.